The quantitative estimate of drug-likeness (QED) is 0.227. The van der Waals surface area contributed by atoms with Crippen molar-refractivity contribution < 1.29 is 56.3 Å². The van der Waals surface area contributed by atoms with Gasteiger partial charge in [-0.2, -0.15) is 0 Å². The molecule has 2 fully saturated rings. The molecule has 2 aliphatic rings. The van der Waals surface area contributed by atoms with E-state index in [9.17, 15) is 32.7 Å². The Balaban J connectivity index is 1.82. The van der Waals surface area contributed by atoms with Gasteiger partial charge < -0.3 is 28.8 Å². The number of hydrogen-bond acceptors (Lipinski definition) is 11. The molecule has 1 aliphatic heterocycles. The number of esters is 3. The van der Waals surface area contributed by atoms with Crippen molar-refractivity contribution in [2.24, 2.45) is 0 Å². The lowest BCUT2D eigenvalue weighted by Crippen LogP contribution is -2.94. The molecule has 1 aromatic carbocycles. The number of benzene rings is 1. The molecule has 1 saturated heterocycles. The topological polar surface area (TPSA) is 148 Å². The third-order valence-electron chi connectivity index (χ3n) is 6.01. The molecule has 0 amide bonds. The Labute approximate surface area is 207 Å². The van der Waals surface area contributed by atoms with Gasteiger partial charge in [-0.1, -0.05) is 5.21 Å². The standard InChI is InChI=1S/C22H22F3N3O9/c1-9(29)33-8-21-19(34-10(2)30)18(22(21,36-12(4)32)20(37-21)35-11(3)31)28-7-16(26-27-28)13-5-14(23)17(25)15(24)6-13/h5-7,11,18-20,31H,8H2,1-4H3/t11?,18?,19-,20-,21?,22?/m1/s1. The predicted octanol–water partition coefficient (Wildman–Crippen LogP) is 1.16. The van der Waals surface area contributed by atoms with Crippen LogP contribution in [0.2, 0.25) is 0 Å². The first kappa shape index (κ1) is 26.5. The van der Waals surface area contributed by atoms with Gasteiger partial charge in [0.05, 0.1) is 6.20 Å². The molecule has 12 nitrogen and oxygen atoms in total. The fourth-order valence-electron chi connectivity index (χ4n) is 4.68. The molecule has 0 bridgehead atoms. The Morgan fingerprint density at radius 3 is 2.32 bits per heavy atom. The van der Waals surface area contributed by atoms with Crippen LogP contribution in [0.1, 0.15) is 33.7 Å². The summed E-state index contributed by atoms with van der Waals surface area (Å²) in [6.07, 6.45) is -2.97. The van der Waals surface area contributed by atoms with E-state index in [4.69, 9.17) is 23.7 Å². The number of aliphatic hydroxyl groups excluding tert-OH is 1. The van der Waals surface area contributed by atoms with Gasteiger partial charge in [-0.05, 0) is 19.1 Å². The summed E-state index contributed by atoms with van der Waals surface area (Å²) in [6.45, 7) is 4.02. The zero-order valence-electron chi connectivity index (χ0n) is 19.9. The number of nitrogens with zero attached hydrogens (tertiary/aromatic N) is 3. The number of halogens is 3. The van der Waals surface area contributed by atoms with E-state index in [0.29, 0.717) is 12.1 Å². The van der Waals surface area contributed by atoms with E-state index < -0.39 is 77.9 Å². The van der Waals surface area contributed by atoms with Crippen molar-refractivity contribution in [3.05, 3.63) is 35.8 Å². The summed E-state index contributed by atoms with van der Waals surface area (Å²) in [5.41, 5.74) is -3.90. The maximum atomic E-state index is 13.8. The highest BCUT2D eigenvalue weighted by Gasteiger charge is 2.91. The van der Waals surface area contributed by atoms with Crippen molar-refractivity contribution in [1.82, 2.24) is 15.0 Å². The van der Waals surface area contributed by atoms with Crippen molar-refractivity contribution >= 4 is 17.9 Å². The molecule has 2 aromatic rings. The second-order valence-corrected chi connectivity index (χ2v) is 8.55. The summed E-state index contributed by atoms with van der Waals surface area (Å²) in [6, 6.07) is 0.176. The Kier molecular flexibility index (Phi) is 6.73. The van der Waals surface area contributed by atoms with Gasteiger partial charge >= 0.3 is 17.9 Å². The van der Waals surface area contributed by atoms with E-state index in [2.05, 4.69) is 10.3 Å². The maximum Gasteiger partial charge on any atom is 0.303 e. The van der Waals surface area contributed by atoms with E-state index in [1.54, 1.807) is 0 Å². The number of aromatic nitrogens is 3. The number of carbonyl (C=O) groups is 3. The molecule has 1 saturated carbocycles. The second-order valence-electron chi connectivity index (χ2n) is 8.55. The molecular weight excluding hydrogens is 507 g/mol. The minimum absolute atomic E-state index is 0.108. The third kappa shape index (κ3) is 4.22. The third-order valence-corrected chi connectivity index (χ3v) is 6.01. The van der Waals surface area contributed by atoms with Gasteiger partial charge in [0, 0.05) is 26.3 Å². The summed E-state index contributed by atoms with van der Waals surface area (Å²) in [5, 5.41) is 17.6. The first-order valence-corrected chi connectivity index (χ1v) is 10.9. The Morgan fingerprint density at radius 1 is 1.14 bits per heavy atom. The summed E-state index contributed by atoms with van der Waals surface area (Å²) < 4.78 is 69.4. The van der Waals surface area contributed by atoms with E-state index in [1.807, 2.05) is 0 Å². The van der Waals surface area contributed by atoms with Gasteiger partial charge in [0.2, 0.25) is 11.9 Å². The largest absolute Gasteiger partial charge is 0.462 e. The van der Waals surface area contributed by atoms with Crippen LogP contribution in [0.4, 0.5) is 13.2 Å². The minimum atomic E-state index is -1.87. The van der Waals surface area contributed by atoms with Crippen LogP contribution in [-0.4, -0.2) is 74.5 Å². The fourth-order valence-corrected chi connectivity index (χ4v) is 4.68. The van der Waals surface area contributed by atoms with Crippen molar-refractivity contribution in [2.75, 3.05) is 6.61 Å². The van der Waals surface area contributed by atoms with E-state index in [1.165, 1.54) is 13.1 Å². The molecule has 200 valence electrons. The number of ether oxygens (including phenoxy) is 5. The highest BCUT2D eigenvalue weighted by atomic mass is 19.2. The SMILES string of the molecule is CC(=O)OCC12O[C@@H](OC(C)O)C1(OC(C)=O)C(n1cc(-c3cc(F)c(F)c(F)c3)nn1)[C@H]2OC(C)=O. The molecule has 0 spiro atoms. The van der Waals surface area contributed by atoms with E-state index >= 15 is 0 Å². The molecule has 37 heavy (non-hydrogen) atoms. The lowest BCUT2D eigenvalue weighted by atomic mass is 9.54. The van der Waals surface area contributed by atoms with E-state index in [0.717, 1.165) is 25.5 Å². The van der Waals surface area contributed by atoms with Crippen LogP contribution in [0.25, 0.3) is 11.3 Å². The molecular formula is C22H22F3N3O9. The normalized spacial score (nSPS) is 28.8. The molecule has 6 atom stereocenters. The highest BCUT2D eigenvalue weighted by Crippen LogP contribution is 2.66. The minimum Gasteiger partial charge on any atom is -0.462 e. The van der Waals surface area contributed by atoms with Crippen molar-refractivity contribution in [1.29, 1.82) is 0 Å². The zero-order valence-corrected chi connectivity index (χ0v) is 19.9. The van der Waals surface area contributed by atoms with Crippen LogP contribution in [0.3, 0.4) is 0 Å². The van der Waals surface area contributed by atoms with Crippen molar-refractivity contribution in [3.8, 4) is 11.3 Å². The van der Waals surface area contributed by atoms with Crippen LogP contribution in [0.5, 0.6) is 0 Å². The van der Waals surface area contributed by atoms with Crippen molar-refractivity contribution in [3.63, 3.8) is 0 Å². The number of rotatable bonds is 8. The molecule has 4 unspecified atom stereocenters. The smallest absolute Gasteiger partial charge is 0.303 e. The first-order valence-electron chi connectivity index (χ1n) is 10.9. The molecule has 1 aliphatic carbocycles. The zero-order chi connectivity index (χ0) is 27.3. The van der Waals surface area contributed by atoms with Crippen LogP contribution in [-0.2, 0) is 38.1 Å². The average Bonchev–Trinajstić information content (AvgIpc) is 3.26. The second kappa shape index (κ2) is 9.39. The maximum absolute atomic E-state index is 13.8. The lowest BCUT2D eigenvalue weighted by Gasteiger charge is -2.72. The summed E-state index contributed by atoms with van der Waals surface area (Å²) >= 11 is 0. The molecule has 4 rings (SSSR count). The van der Waals surface area contributed by atoms with Gasteiger partial charge in [0.1, 0.15) is 18.3 Å². The lowest BCUT2D eigenvalue weighted by molar-refractivity contribution is -0.519. The number of aliphatic hydroxyl groups is 1. The van der Waals surface area contributed by atoms with Gasteiger partial charge in [0.15, 0.2) is 35.4 Å². The number of fused-ring (bicyclic) bond motifs is 1. The highest BCUT2D eigenvalue weighted by molar-refractivity contribution is 5.70. The Morgan fingerprint density at radius 2 is 1.78 bits per heavy atom. The van der Waals surface area contributed by atoms with E-state index in [-0.39, 0.29) is 11.3 Å². The van der Waals surface area contributed by atoms with Crippen molar-refractivity contribution in [2.45, 2.75) is 63.6 Å². The molecule has 1 N–H and O–H groups in total. The van der Waals surface area contributed by atoms with Crippen LogP contribution in [0, 0.1) is 17.5 Å². The van der Waals surface area contributed by atoms with Crippen LogP contribution in [0.15, 0.2) is 18.3 Å². The first-order chi connectivity index (χ1) is 17.3. The monoisotopic (exact) mass is 529 g/mol. The Bertz CT molecular complexity index is 1230. The van der Waals surface area contributed by atoms with Gasteiger partial charge in [0.25, 0.3) is 0 Å². The predicted molar refractivity (Wildman–Crippen MR) is 111 cm³/mol. The van der Waals surface area contributed by atoms with Crippen LogP contribution < -0.4 is 0 Å². The number of carbonyl (C=O) groups excluding carboxylic acids is 3. The average molecular weight is 529 g/mol. The van der Waals surface area contributed by atoms with Gasteiger partial charge in [-0.3, -0.25) is 14.4 Å². The summed E-state index contributed by atoms with van der Waals surface area (Å²) in [7, 11) is 0. The summed E-state index contributed by atoms with van der Waals surface area (Å²) in [5.74, 6) is -6.91. The fraction of sp³-hybridized carbons (Fsp3) is 0.500. The Hall–Kier alpha value is -3.56. The summed E-state index contributed by atoms with van der Waals surface area (Å²) in [4.78, 5) is 35.8. The van der Waals surface area contributed by atoms with Crippen LogP contribution >= 0.6 is 0 Å². The van der Waals surface area contributed by atoms with Gasteiger partial charge in [-0.15, -0.1) is 5.10 Å². The van der Waals surface area contributed by atoms with Gasteiger partial charge in [-0.25, -0.2) is 17.9 Å². The molecule has 0 radical (unpaired) electrons. The number of hydrogen-bond donors (Lipinski definition) is 1. The molecule has 1 aromatic heterocycles. The molecule has 2 heterocycles. The molecule has 15 heteroatoms.